The molecule has 0 bridgehead atoms. The number of unbranched alkanes of at least 4 members (excludes halogenated alkanes) is 1. The van der Waals surface area contributed by atoms with Crippen LogP contribution in [0.3, 0.4) is 0 Å². The van der Waals surface area contributed by atoms with Gasteiger partial charge in [-0.2, -0.15) is 0 Å². The number of thioether (sulfide) groups is 1. The number of carbonyl (C=O) groups is 1. The summed E-state index contributed by atoms with van der Waals surface area (Å²) in [7, 11) is 3.18. The van der Waals surface area contributed by atoms with Crippen LogP contribution in [0.4, 0.5) is 0 Å². The fourth-order valence-electron chi connectivity index (χ4n) is 1.35. The van der Waals surface area contributed by atoms with E-state index in [-0.39, 0.29) is 11.9 Å². The summed E-state index contributed by atoms with van der Waals surface area (Å²) in [4.78, 5) is 10.4. The van der Waals surface area contributed by atoms with Gasteiger partial charge in [-0.05, 0) is 31.9 Å². The Morgan fingerprint density at radius 3 is 2.56 bits per heavy atom. The lowest BCUT2D eigenvalue weighted by Crippen LogP contribution is -2.06. The summed E-state index contributed by atoms with van der Waals surface area (Å²) >= 11 is 1.71. The summed E-state index contributed by atoms with van der Waals surface area (Å²) < 4.78 is 0. The first-order chi connectivity index (χ1) is 8.56. The Hall–Kier alpha value is 0.440. The number of carboxylic acids is 1. The SMILES string of the molecule is CC(O)SSC(CCCCC(=O)O)CCSCN. The summed E-state index contributed by atoms with van der Waals surface area (Å²) in [6.45, 7) is 1.76. The molecule has 0 fully saturated rings. The molecule has 18 heavy (non-hydrogen) atoms. The minimum absolute atomic E-state index is 0.248. The van der Waals surface area contributed by atoms with E-state index >= 15 is 0 Å². The molecule has 4 nitrogen and oxygen atoms in total. The molecular weight excluding hydrogens is 290 g/mol. The van der Waals surface area contributed by atoms with Crippen molar-refractivity contribution < 1.29 is 15.0 Å². The first-order valence-electron chi connectivity index (χ1n) is 6.06. The molecule has 0 aliphatic carbocycles. The van der Waals surface area contributed by atoms with Crippen molar-refractivity contribution in [2.45, 2.75) is 49.7 Å². The third-order valence-electron chi connectivity index (χ3n) is 2.20. The molecule has 0 rings (SSSR count). The smallest absolute Gasteiger partial charge is 0.303 e. The Labute approximate surface area is 121 Å². The number of aliphatic hydroxyl groups is 1. The van der Waals surface area contributed by atoms with Gasteiger partial charge >= 0.3 is 5.97 Å². The average Bonchev–Trinajstić information content (AvgIpc) is 2.30. The minimum atomic E-state index is -0.726. The molecule has 0 aromatic heterocycles. The van der Waals surface area contributed by atoms with Gasteiger partial charge in [0.25, 0.3) is 0 Å². The van der Waals surface area contributed by atoms with Gasteiger partial charge in [-0.25, -0.2) is 0 Å². The number of hydrogen-bond acceptors (Lipinski definition) is 6. The molecule has 0 saturated carbocycles. The standard InChI is InChI=1S/C11H23NO3S3/c1-9(13)17-18-10(6-7-16-8-12)4-2-3-5-11(14)15/h9-10,13H,2-8,12H2,1H3,(H,14,15). The van der Waals surface area contributed by atoms with Crippen LogP contribution in [0, 0.1) is 0 Å². The van der Waals surface area contributed by atoms with Crippen molar-refractivity contribution >= 4 is 39.3 Å². The molecule has 0 spiro atoms. The molecule has 0 radical (unpaired) electrons. The highest BCUT2D eigenvalue weighted by Gasteiger charge is 2.11. The van der Waals surface area contributed by atoms with Crippen molar-refractivity contribution in [1.82, 2.24) is 0 Å². The molecular formula is C11H23NO3S3. The van der Waals surface area contributed by atoms with Gasteiger partial charge in [0.2, 0.25) is 0 Å². The van der Waals surface area contributed by atoms with Gasteiger partial charge < -0.3 is 15.9 Å². The maximum Gasteiger partial charge on any atom is 0.303 e. The lowest BCUT2D eigenvalue weighted by molar-refractivity contribution is -0.137. The van der Waals surface area contributed by atoms with E-state index in [4.69, 9.17) is 10.8 Å². The van der Waals surface area contributed by atoms with E-state index < -0.39 is 5.97 Å². The maximum atomic E-state index is 10.4. The third-order valence-corrected chi connectivity index (χ3v) is 6.08. The Balaban J connectivity index is 3.76. The Morgan fingerprint density at radius 1 is 1.28 bits per heavy atom. The van der Waals surface area contributed by atoms with E-state index in [0.29, 0.717) is 11.1 Å². The number of aliphatic hydroxyl groups excluding tert-OH is 1. The second-order valence-corrected chi connectivity index (χ2v) is 7.96. The van der Waals surface area contributed by atoms with Crippen molar-refractivity contribution in [1.29, 1.82) is 0 Å². The van der Waals surface area contributed by atoms with E-state index in [1.807, 2.05) is 0 Å². The molecule has 2 unspecified atom stereocenters. The lowest BCUT2D eigenvalue weighted by atomic mass is 10.1. The number of aliphatic carboxylic acids is 1. The fraction of sp³-hybridized carbons (Fsp3) is 0.909. The van der Waals surface area contributed by atoms with Gasteiger partial charge in [0.05, 0.1) is 0 Å². The van der Waals surface area contributed by atoms with Crippen molar-refractivity contribution in [3.05, 3.63) is 0 Å². The van der Waals surface area contributed by atoms with Crippen LogP contribution in [0.1, 0.15) is 39.0 Å². The first-order valence-corrected chi connectivity index (χ1v) is 9.49. The van der Waals surface area contributed by atoms with Crippen LogP contribution in [0.2, 0.25) is 0 Å². The van der Waals surface area contributed by atoms with Gasteiger partial charge in [-0.1, -0.05) is 28.0 Å². The minimum Gasteiger partial charge on any atom is -0.481 e. The van der Waals surface area contributed by atoms with Crippen LogP contribution in [0.5, 0.6) is 0 Å². The summed E-state index contributed by atoms with van der Waals surface area (Å²) in [5, 5.41) is 18.3. The summed E-state index contributed by atoms with van der Waals surface area (Å²) in [5.74, 6) is 0.934. The number of rotatable bonds is 12. The van der Waals surface area contributed by atoms with Gasteiger partial charge in [0, 0.05) is 17.5 Å². The van der Waals surface area contributed by atoms with Gasteiger partial charge in [-0.3, -0.25) is 4.79 Å². The molecule has 108 valence electrons. The number of hydrogen-bond donors (Lipinski definition) is 3. The van der Waals surface area contributed by atoms with Crippen LogP contribution >= 0.6 is 33.3 Å². The van der Waals surface area contributed by atoms with Gasteiger partial charge in [0.15, 0.2) is 0 Å². The van der Waals surface area contributed by atoms with E-state index in [9.17, 15) is 9.90 Å². The van der Waals surface area contributed by atoms with E-state index in [1.54, 1.807) is 29.5 Å². The summed E-state index contributed by atoms with van der Waals surface area (Å²) in [5.41, 5.74) is 5.08. The second kappa shape index (κ2) is 12.5. The Kier molecular flexibility index (Phi) is 12.8. The normalized spacial score (nSPS) is 14.4. The zero-order valence-electron chi connectivity index (χ0n) is 10.7. The van der Waals surface area contributed by atoms with Crippen LogP contribution in [-0.4, -0.2) is 38.5 Å². The summed E-state index contributed by atoms with van der Waals surface area (Å²) in [6, 6.07) is 0. The Morgan fingerprint density at radius 2 is 2.00 bits per heavy atom. The van der Waals surface area contributed by atoms with Gasteiger partial charge in [-0.15, -0.1) is 11.8 Å². The molecule has 0 saturated heterocycles. The van der Waals surface area contributed by atoms with Crippen LogP contribution < -0.4 is 5.73 Å². The van der Waals surface area contributed by atoms with E-state index in [1.165, 1.54) is 10.8 Å². The molecule has 4 N–H and O–H groups in total. The maximum absolute atomic E-state index is 10.4. The zero-order chi connectivity index (χ0) is 13.8. The van der Waals surface area contributed by atoms with Crippen molar-refractivity contribution in [2.75, 3.05) is 11.6 Å². The quantitative estimate of drug-likeness (QED) is 0.290. The van der Waals surface area contributed by atoms with Crippen LogP contribution in [-0.2, 0) is 4.79 Å². The monoisotopic (exact) mass is 313 g/mol. The van der Waals surface area contributed by atoms with Crippen molar-refractivity contribution in [2.24, 2.45) is 5.73 Å². The van der Waals surface area contributed by atoms with Crippen molar-refractivity contribution in [3.8, 4) is 0 Å². The highest BCUT2D eigenvalue weighted by Crippen LogP contribution is 2.34. The molecule has 2 atom stereocenters. The van der Waals surface area contributed by atoms with Crippen LogP contribution in [0.15, 0.2) is 0 Å². The molecule has 0 aromatic rings. The fourth-order valence-corrected chi connectivity index (χ4v) is 4.44. The predicted octanol–water partition coefficient (Wildman–Crippen LogP) is 2.76. The number of nitrogens with two attached hydrogens (primary N) is 1. The first kappa shape index (κ1) is 18.4. The topological polar surface area (TPSA) is 83.5 Å². The second-order valence-electron chi connectivity index (χ2n) is 3.92. The lowest BCUT2D eigenvalue weighted by Gasteiger charge is -2.16. The van der Waals surface area contributed by atoms with E-state index in [0.717, 1.165) is 31.4 Å². The molecule has 0 aromatic carbocycles. The van der Waals surface area contributed by atoms with Crippen molar-refractivity contribution in [3.63, 3.8) is 0 Å². The van der Waals surface area contributed by atoms with Gasteiger partial charge in [0.1, 0.15) is 5.44 Å². The largest absolute Gasteiger partial charge is 0.481 e. The summed E-state index contributed by atoms with van der Waals surface area (Å²) in [6.07, 6.45) is 3.97. The van der Waals surface area contributed by atoms with Crippen LogP contribution in [0.25, 0.3) is 0 Å². The van der Waals surface area contributed by atoms with E-state index in [2.05, 4.69) is 0 Å². The molecule has 0 amide bonds. The molecule has 0 heterocycles. The third kappa shape index (κ3) is 12.9. The predicted molar refractivity (Wildman–Crippen MR) is 82.9 cm³/mol. The molecule has 0 aliphatic rings. The highest BCUT2D eigenvalue weighted by atomic mass is 33.1. The molecule has 0 aliphatic heterocycles. The highest BCUT2D eigenvalue weighted by molar-refractivity contribution is 8.77. The molecule has 7 heteroatoms. The number of carboxylic acid groups (broad SMARTS) is 1. The average molecular weight is 314 g/mol. The Bertz CT molecular complexity index is 218. The zero-order valence-corrected chi connectivity index (χ0v) is 13.2.